The summed E-state index contributed by atoms with van der Waals surface area (Å²) in [7, 11) is 0. The van der Waals surface area contributed by atoms with Crippen molar-refractivity contribution in [1.29, 1.82) is 0 Å². The molecule has 23 heavy (non-hydrogen) atoms. The van der Waals surface area contributed by atoms with Gasteiger partial charge in [-0.05, 0) is 26.0 Å². The van der Waals surface area contributed by atoms with E-state index in [1.54, 1.807) is 12.7 Å². The summed E-state index contributed by atoms with van der Waals surface area (Å²) in [5.41, 5.74) is 1.20. The fraction of sp³-hybridized carbons (Fsp3) is 0.438. The van der Waals surface area contributed by atoms with Crippen molar-refractivity contribution in [2.24, 2.45) is 0 Å². The summed E-state index contributed by atoms with van der Waals surface area (Å²) in [6.45, 7) is 8.17. The Kier molecular flexibility index (Phi) is 3.74. The second-order valence-corrected chi connectivity index (χ2v) is 7.38. The molecule has 0 aromatic carbocycles. The molecule has 0 fully saturated rings. The van der Waals surface area contributed by atoms with Gasteiger partial charge >= 0.3 is 0 Å². The molecule has 120 valence electrons. The molecule has 0 saturated carbocycles. The summed E-state index contributed by atoms with van der Waals surface area (Å²) >= 11 is 1.89. The molecule has 1 atom stereocenters. The Morgan fingerprint density at radius 3 is 2.91 bits per heavy atom. The third kappa shape index (κ3) is 2.82. The number of nitrogens with zero attached hydrogens (tertiary/aromatic N) is 6. The quantitative estimate of drug-likeness (QED) is 0.738. The van der Waals surface area contributed by atoms with Crippen LogP contribution in [0.2, 0.25) is 0 Å². The first-order valence-corrected chi connectivity index (χ1v) is 8.68. The minimum atomic E-state index is 0.329. The standard InChI is InChI=1S/C16H20N6S/c1-12-3-4-15(23-12)9-20-5-6-22-14(7-18-16(22)13(20)2)8-21-11-17-10-19-21/h3-4,7,10-11,13H,5-6,8-9H2,1-2H3. The van der Waals surface area contributed by atoms with Gasteiger partial charge in [0.25, 0.3) is 0 Å². The molecule has 0 aliphatic carbocycles. The van der Waals surface area contributed by atoms with Gasteiger partial charge in [0.2, 0.25) is 0 Å². The summed E-state index contributed by atoms with van der Waals surface area (Å²) in [6, 6.07) is 4.77. The lowest BCUT2D eigenvalue weighted by molar-refractivity contribution is 0.156. The number of hydrogen-bond donors (Lipinski definition) is 0. The predicted octanol–water partition coefficient (Wildman–Crippen LogP) is 2.47. The van der Waals surface area contributed by atoms with Crippen molar-refractivity contribution in [1.82, 2.24) is 29.2 Å². The molecule has 0 amide bonds. The molecule has 1 aliphatic rings. The summed E-state index contributed by atoms with van der Waals surface area (Å²) in [5, 5.41) is 4.19. The van der Waals surface area contributed by atoms with Gasteiger partial charge in [0.05, 0.1) is 24.5 Å². The molecule has 3 aromatic heterocycles. The first kappa shape index (κ1) is 14.6. The van der Waals surface area contributed by atoms with Crippen LogP contribution in [0.15, 0.2) is 31.0 Å². The van der Waals surface area contributed by atoms with Gasteiger partial charge in [-0.1, -0.05) is 0 Å². The van der Waals surface area contributed by atoms with E-state index in [4.69, 9.17) is 0 Å². The van der Waals surface area contributed by atoms with Crippen molar-refractivity contribution in [2.75, 3.05) is 6.54 Å². The fourth-order valence-corrected chi connectivity index (χ4v) is 4.11. The van der Waals surface area contributed by atoms with Crippen LogP contribution in [0, 0.1) is 6.92 Å². The summed E-state index contributed by atoms with van der Waals surface area (Å²) in [4.78, 5) is 14.0. The number of hydrogen-bond acceptors (Lipinski definition) is 5. The monoisotopic (exact) mass is 328 g/mol. The maximum absolute atomic E-state index is 4.68. The average Bonchev–Trinajstić information content (AvgIpc) is 3.25. The number of imidazole rings is 1. The zero-order valence-corrected chi connectivity index (χ0v) is 14.2. The van der Waals surface area contributed by atoms with Crippen molar-refractivity contribution >= 4 is 11.3 Å². The minimum absolute atomic E-state index is 0.329. The highest BCUT2D eigenvalue weighted by atomic mass is 32.1. The lowest BCUT2D eigenvalue weighted by atomic mass is 10.2. The van der Waals surface area contributed by atoms with Crippen molar-refractivity contribution in [3.05, 3.63) is 52.3 Å². The molecule has 3 aromatic rings. The highest BCUT2D eigenvalue weighted by Crippen LogP contribution is 2.28. The Bertz CT molecular complexity index is 787. The molecule has 0 saturated heterocycles. The van der Waals surface area contributed by atoms with Crippen molar-refractivity contribution in [2.45, 2.75) is 39.5 Å². The SMILES string of the molecule is Cc1ccc(CN2CCn3c(Cn4cncn4)cnc3C2C)s1. The highest BCUT2D eigenvalue weighted by Gasteiger charge is 2.27. The third-order valence-electron chi connectivity index (χ3n) is 4.45. The molecule has 1 unspecified atom stereocenters. The first-order valence-electron chi connectivity index (χ1n) is 7.87. The second kappa shape index (κ2) is 5.90. The van der Waals surface area contributed by atoms with Crippen LogP contribution < -0.4 is 0 Å². The summed E-state index contributed by atoms with van der Waals surface area (Å²) in [6.07, 6.45) is 5.30. The molecular formula is C16H20N6S. The van der Waals surface area contributed by atoms with Gasteiger partial charge in [-0.2, -0.15) is 5.10 Å². The van der Waals surface area contributed by atoms with Crippen LogP contribution in [0.4, 0.5) is 0 Å². The third-order valence-corrected chi connectivity index (χ3v) is 5.43. The number of fused-ring (bicyclic) bond motifs is 1. The van der Waals surface area contributed by atoms with E-state index in [1.807, 2.05) is 22.2 Å². The zero-order chi connectivity index (χ0) is 15.8. The highest BCUT2D eigenvalue weighted by molar-refractivity contribution is 7.11. The topological polar surface area (TPSA) is 51.8 Å². The Morgan fingerprint density at radius 1 is 1.26 bits per heavy atom. The van der Waals surface area contributed by atoms with E-state index in [9.17, 15) is 0 Å². The maximum Gasteiger partial charge on any atom is 0.137 e. The fourth-order valence-electron chi connectivity index (χ4n) is 3.20. The molecule has 4 rings (SSSR count). The Hall–Kier alpha value is -1.99. The number of aryl methyl sites for hydroxylation is 1. The lowest BCUT2D eigenvalue weighted by Crippen LogP contribution is -2.37. The van der Waals surface area contributed by atoms with Crippen LogP contribution in [-0.4, -0.2) is 35.8 Å². The molecule has 4 heterocycles. The molecule has 0 radical (unpaired) electrons. The zero-order valence-electron chi connectivity index (χ0n) is 13.4. The van der Waals surface area contributed by atoms with Crippen LogP contribution in [0.3, 0.4) is 0 Å². The van der Waals surface area contributed by atoms with Crippen LogP contribution in [0.1, 0.15) is 34.2 Å². The summed E-state index contributed by atoms with van der Waals surface area (Å²) < 4.78 is 4.18. The van der Waals surface area contributed by atoms with Gasteiger partial charge in [-0.15, -0.1) is 11.3 Å². The van der Waals surface area contributed by atoms with E-state index in [-0.39, 0.29) is 0 Å². The van der Waals surface area contributed by atoms with Gasteiger partial charge in [0, 0.05) is 29.4 Å². The normalized spacial score (nSPS) is 18.3. The van der Waals surface area contributed by atoms with Crippen LogP contribution in [0.25, 0.3) is 0 Å². The molecular weight excluding hydrogens is 308 g/mol. The van der Waals surface area contributed by atoms with Gasteiger partial charge in [0.15, 0.2) is 0 Å². The molecule has 1 aliphatic heterocycles. The number of aromatic nitrogens is 5. The van der Waals surface area contributed by atoms with Gasteiger partial charge < -0.3 is 4.57 Å². The van der Waals surface area contributed by atoms with E-state index in [2.05, 4.69) is 50.5 Å². The van der Waals surface area contributed by atoms with E-state index < -0.39 is 0 Å². The predicted molar refractivity (Wildman–Crippen MR) is 89.2 cm³/mol. The molecule has 7 heteroatoms. The molecule has 0 bridgehead atoms. The van der Waals surface area contributed by atoms with E-state index >= 15 is 0 Å². The van der Waals surface area contributed by atoms with Gasteiger partial charge in [-0.3, -0.25) is 4.90 Å². The Morgan fingerprint density at radius 2 is 2.17 bits per heavy atom. The largest absolute Gasteiger partial charge is 0.328 e. The van der Waals surface area contributed by atoms with Crippen LogP contribution in [-0.2, 0) is 19.6 Å². The average molecular weight is 328 g/mol. The van der Waals surface area contributed by atoms with Crippen LogP contribution >= 0.6 is 11.3 Å². The van der Waals surface area contributed by atoms with Crippen molar-refractivity contribution < 1.29 is 0 Å². The Balaban J connectivity index is 1.53. The summed E-state index contributed by atoms with van der Waals surface area (Å²) in [5.74, 6) is 1.15. The number of rotatable bonds is 4. The lowest BCUT2D eigenvalue weighted by Gasteiger charge is -2.34. The molecule has 0 N–H and O–H groups in total. The van der Waals surface area contributed by atoms with Crippen LogP contribution in [0.5, 0.6) is 0 Å². The number of thiophene rings is 1. The van der Waals surface area contributed by atoms with Gasteiger partial charge in [-0.25, -0.2) is 14.6 Å². The molecule has 6 nitrogen and oxygen atoms in total. The second-order valence-electron chi connectivity index (χ2n) is 6.01. The minimum Gasteiger partial charge on any atom is -0.328 e. The van der Waals surface area contributed by atoms with Crippen molar-refractivity contribution in [3.8, 4) is 0 Å². The maximum atomic E-state index is 4.68. The molecule has 0 spiro atoms. The van der Waals surface area contributed by atoms with E-state index in [0.29, 0.717) is 6.04 Å². The van der Waals surface area contributed by atoms with Gasteiger partial charge in [0.1, 0.15) is 18.5 Å². The smallest absolute Gasteiger partial charge is 0.137 e. The van der Waals surface area contributed by atoms with E-state index in [1.165, 1.54) is 15.4 Å². The first-order chi connectivity index (χ1) is 11.2. The van der Waals surface area contributed by atoms with Crippen molar-refractivity contribution in [3.63, 3.8) is 0 Å². The van der Waals surface area contributed by atoms with E-state index in [0.717, 1.165) is 32.0 Å². The Labute approximate surface area is 139 Å².